The smallest absolute Gasteiger partial charge is 0.229 e. The number of hydrogen-bond acceptors (Lipinski definition) is 5. The van der Waals surface area contributed by atoms with Crippen molar-refractivity contribution in [1.29, 1.82) is 0 Å². The molecule has 1 fully saturated rings. The van der Waals surface area contributed by atoms with Gasteiger partial charge in [-0.15, -0.1) is 0 Å². The largest absolute Gasteiger partial charge is 0.372 e. The van der Waals surface area contributed by atoms with Crippen molar-refractivity contribution in [3.8, 4) is 0 Å². The number of hydrogen-bond donors (Lipinski definition) is 2. The van der Waals surface area contributed by atoms with Gasteiger partial charge >= 0.3 is 0 Å². The van der Waals surface area contributed by atoms with Crippen LogP contribution in [0, 0.1) is 18.6 Å². The van der Waals surface area contributed by atoms with Gasteiger partial charge in [-0.05, 0) is 62.6 Å². The van der Waals surface area contributed by atoms with Crippen LogP contribution in [0.2, 0.25) is 0 Å². The zero-order valence-electron chi connectivity index (χ0n) is 16.3. The van der Waals surface area contributed by atoms with Gasteiger partial charge in [0, 0.05) is 42.3 Å². The van der Waals surface area contributed by atoms with Crippen molar-refractivity contribution in [2.45, 2.75) is 26.2 Å². The van der Waals surface area contributed by atoms with Crippen molar-refractivity contribution >= 4 is 28.8 Å². The molecule has 5 nitrogen and oxygen atoms in total. The van der Waals surface area contributed by atoms with Crippen LogP contribution in [0.15, 0.2) is 48.5 Å². The SMILES string of the molecule is Cc1cc(Nc2ccc(N3CCCCC3)cc2)nc(Nc2ccc(F)cc2F)n1. The molecule has 0 radical (unpaired) electrons. The predicted octanol–water partition coefficient (Wildman–Crippen LogP) is 5.54. The highest BCUT2D eigenvalue weighted by Crippen LogP contribution is 2.25. The topological polar surface area (TPSA) is 53.1 Å². The van der Waals surface area contributed by atoms with Crippen molar-refractivity contribution < 1.29 is 8.78 Å². The monoisotopic (exact) mass is 395 g/mol. The highest BCUT2D eigenvalue weighted by Gasteiger charge is 2.11. The minimum Gasteiger partial charge on any atom is -0.372 e. The summed E-state index contributed by atoms with van der Waals surface area (Å²) in [5.74, 6) is -0.498. The van der Waals surface area contributed by atoms with E-state index in [4.69, 9.17) is 0 Å². The van der Waals surface area contributed by atoms with E-state index in [9.17, 15) is 8.78 Å². The lowest BCUT2D eigenvalue weighted by Crippen LogP contribution is -2.29. The quantitative estimate of drug-likeness (QED) is 0.594. The molecule has 0 amide bonds. The van der Waals surface area contributed by atoms with Crippen LogP contribution in [0.1, 0.15) is 25.0 Å². The molecular formula is C22H23F2N5. The molecule has 3 aromatic rings. The Kier molecular flexibility index (Phi) is 5.55. The molecular weight excluding hydrogens is 372 g/mol. The van der Waals surface area contributed by atoms with E-state index >= 15 is 0 Å². The number of nitrogens with one attached hydrogen (secondary N) is 2. The first-order chi connectivity index (χ1) is 14.1. The number of halogens is 2. The molecule has 7 heteroatoms. The standard InChI is InChI=1S/C22H23F2N5/c1-15-13-21(28-22(25-15)27-20-10-5-16(23)14-19(20)24)26-17-6-8-18(9-7-17)29-11-3-2-4-12-29/h5-10,13-14H,2-4,11-12H2,1H3,(H2,25,26,27,28). The van der Waals surface area contributed by atoms with Crippen LogP contribution in [-0.4, -0.2) is 23.1 Å². The lowest BCUT2D eigenvalue weighted by molar-refractivity contribution is 0.578. The van der Waals surface area contributed by atoms with Gasteiger partial charge in [-0.2, -0.15) is 4.98 Å². The van der Waals surface area contributed by atoms with E-state index < -0.39 is 11.6 Å². The Balaban J connectivity index is 1.48. The third-order valence-corrected chi connectivity index (χ3v) is 4.89. The van der Waals surface area contributed by atoms with Gasteiger partial charge in [-0.1, -0.05) is 0 Å². The molecule has 0 saturated carbocycles. The molecule has 1 aromatic heterocycles. The molecule has 0 unspecified atom stereocenters. The number of rotatable bonds is 5. The second kappa shape index (κ2) is 8.43. The first-order valence-corrected chi connectivity index (χ1v) is 9.77. The summed E-state index contributed by atoms with van der Waals surface area (Å²) in [6, 6.07) is 13.4. The van der Waals surface area contributed by atoms with Gasteiger partial charge in [-0.3, -0.25) is 0 Å². The van der Waals surface area contributed by atoms with Gasteiger partial charge in [0.25, 0.3) is 0 Å². The summed E-state index contributed by atoms with van der Waals surface area (Å²) in [7, 11) is 0. The molecule has 1 saturated heterocycles. The van der Waals surface area contributed by atoms with E-state index in [1.54, 1.807) is 0 Å². The number of nitrogens with zero attached hydrogens (tertiary/aromatic N) is 3. The van der Waals surface area contributed by atoms with Crippen LogP contribution >= 0.6 is 0 Å². The van der Waals surface area contributed by atoms with Crippen LogP contribution < -0.4 is 15.5 Å². The number of aryl methyl sites for hydroxylation is 1. The minimum atomic E-state index is -0.696. The number of piperidine rings is 1. The molecule has 2 heterocycles. The molecule has 2 aromatic carbocycles. The summed E-state index contributed by atoms with van der Waals surface area (Å²) in [6.07, 6.45) is 3.79. The van der Waals surface area contributed by atoms with E-state index in [-0.39, 0.29) is 11.6 Å². The average molecular weight is 395 g/mol. The molecule has 29 heavy (non-hydrogen) atoms. The molecule has 150 valence electrons. The highest BCUT2D eigenvalue weighted by molar-refractivity contribution is 5.63. The fraction of sp³-hybridized carbons (Fsp3) is 0.273. The molecule has 0 aliphatic carbocycles. The molecule has 1 aliphatic heterocycles. The molecule has 2 N–H and O–H groups in total. The summed E-state index contributed by atoms with van der Waals surface area (Å²) in [6.45, 7) is 4.04. The fourth-order valence-electron chi connectivity index (χ4n) is 3.46. The van der Waals surface area contributed by atoms with Crippen LogP contribution in [0.25, 0.3) is 0 Å². The first-order valence-electron chi connectivity index (χ1n) is 9.77. The molecule has 0 atom stereocenters. The number of benzene rings is 2. The maximum absolute atomic E-state index is 13.9. The van der Waals surface area contributed by atoms with E-state index in [1.165, 1.54) is 37.1 Å². The molecule has 0 spiro atoms. The van der Waals surface area contributed by atoms with Crippen LogP contribution in [-0.2, 0) is 0 Å². The Bertz CT molecular complexity index is 985. The lowest BCUT2D eigenvalue weighted by atomic mass is 10.1. The van der Waals surface area contributed by atoms with Crippen molar-refractivity contribution in [2.24, 2.45) is 0 Å². The number of aromatic nitrogens is 2. The zero-order chi connectivity index (χ0) is 20.2. The Hall–Kier alpha value is -3.22. The van der Waals surface area contributed by atoms with Gasteiger partial charge in [0.1, 0.15) is 17.5 Å². The van der Waals surface area contributed by atoms with Crippen molar-refractivity contribution in [2.75, 3.05) is 28.6 Å². The third kappa shape index (κ3) is 4.80. The van der Waals surface area contributed by atoms with E-state index in [2.05, 4.69) is 37.6 Å². The minimum absolute atomic E-state index is 0.119. The maximum Gasteiger partial charge on any atom is 0.229 e. The molecule has 1 aliphatic rings. The van der Waals surface area contributed by atoms with Gasteiger partial charge in [-0.25, -0.2) is 13.8 Å². The summed E-state index contributed by atoms with van der Waals surface area (Å²) < 4.78 is 27.0. The second-order valence-corrected chi connectivity index (χ2v) is 7.19. The fourth-order valence-corrected chi connectivity index (χ4v) is 3.46. The Labute approximate surface area is 168 Å². The summed E-state index contributed by atoms with van der Waals surface area (Å²) in [4.78, 5) is 11.1. The average Bonchev–Trinajstić information content (AvgIpc) is 2.71. The molecule has 0 bridgehead atoms. The van der Waals surface area contributed by atoms with E-state index in [0.29, 0.717) is 5.82 Å². The number of anilines is 5. The van der Waals surface area contributed by atoms with Gasteiger partial charge in [0.2, 0.25) is 5.95 Å². The predicted molar refractivity (Wildman–Crippen MR) is 112 cm³/mol. The van der Waals surface area contributed by atoms with Gasteiger partial charge < -0.3 is 15.5 Å². The first kappa shape index (κ1) is 19.1. The zero-order valence-corrected chi connectivity index (χ0v) is 16.3. The Morgan fingerprint density at radius 1 is 0.862 bits per heavy atom. The van der Waals surface area contributed by atoms with Gasteiger partial charge in [0.05, 0.1) is 5.69 Å². The van der Waals surface area contributed by atoms with E-state index in [1.807, 2.05) is 25.1 Å². The highest BCUT2D eigenvalue weighted by atomic mass is 19.1. The normalized spacial score (nSPS) is 14.0. The summed E-state index contributed by atoms with van der Waals surface area (Å²) in [5.41, 5.74) is 2.97. The Morgan fingerprint density at radius 2 is 1.62 bits per heavy atom. The molecule has 4 rings (SSSR count). The Morgan fingerprint density at radius 3 is 2.34 bits per heavy atom. The third-order valence-electron chi connectivity index (χ3n) is 4.89. The van der Waals surface area contributed by atoms with E-state index in [0.717, 1.165) is 30.5 Å². The van der Waals surface area contributed by atoms with Gasteiger partial charge in [0.15, 0.2) is 0 Å². The van der Waals surface area contributed by atoms with Crippen molar-refractivity contribution in [1.82, 2.24) is 9.97 Å². The van der Waals surface area contributed by atoms with Crippen molar-refractivity contribution in [3.05, 3.63) is 65.9 Å². The second-order valence-electron chi connectivity index (χ2n) is 7.19. The lowest BCUT2D eigenvalue weighted by Gasteiger charge is -2.28. The maximum atomic E-state index is 13.9. The van der Waals surface area contributed by atoms with Crippen LogP contribution in [0.4, 0.5) is 37.6 Å². The van der Waals surface area contributed by atoms with Crippen molar-refractivity contribution in [3.63, 3.8) is 0 Å². The summed E-state index contributed by atoms with van der Waals surface area (Å²) >= 11 is 0. The van der Waals surface area contributed by atoms with Crippen LogP contribution in [0.3, 0.4) is 0 Å². The summed E-state index contributed by atoms with van der Waals surface area (Å²) in [5, 5.41) is 6.07. The van der Waals surface area contributed by atoms with Crippen LogP contribution in [0.5, 0.6) is 0 Å².